The van der Waals surface area contributed by atoms with Crippen molar-refractivity contribution in [2.75, 3.05) is 25.9 Å². The highest BCUT2D eigenvalue weighted by Crippen LogP contribution is 2.19. The molecular formula is C10H21ClN2O3S. The second-order valence-corrected chi connectivity index (χ2v) is 6.73. The summed E-state index contributed by atoms with van der Waals surface area (Å²) in [5.41, 5.74) is 0. The topological polar surface area (TPSA) is 66.5 Å². The van der Waals surface area contributed by atoms with E-state index in [4.69, 9.17) is 0 Å². The third-order valence-electron chi connectivity index (χ3n) is 3.26. The molecule has 5 nitrogen and oxygen atoms in total. The Balaban J connectivity index is 0.00000256. The summed E-state index contributed by atoms with van der Waals surface area (Å²) in [4.78, 5) is 13.5. The monoisotopic (exact) mass is 284 g/mol. The Morgan fingerprint density at radius 3 is 2.53 bits per heavy atom. The number of nitrogens with zero attached hydrogens (tertiary/aromatic N) is 1. The molecule has 1 N–H and O–H groups in total. The molecule has 0 bridgehead atoms. The van der Waals surface area contributed by atoms with E-state index in [0.717, 1.165) is 0 Å². The minimum Gasteiger partial charge on any atom is -0.338 e. The Hall–Kier alpha value is -0.330. The van der Waals surface area contributed by atoms with Crippen LogP contribution in [0.2, 0.25) is 0 Å². The summed E-state index contributed by atoms with van der Waals surface area (Å²) in [6, 6.07) is -0.219. The summed E-state index contributed by atoms with van der Waals surface area (Å²) in [6.07, 6.45) is 0.424. The first-order valence-corrected chi connectivity index (χ1v) is 7.27. The number of carbonyl (C=O) groups excluding carboxylic acids is 1. The average molecular weight is 285 g/mol. The molecule has 1 aliphatic heterocycles. The van der Waals surface area contributed by atoms with Crippen LogP contribution < -0.4 is 5.32 Å². The molecule has 1 amide bonds. The van der Waals surface area contributed by atoms with E-state index < -0.39 is 15.1 Å². The molecule has 1 aliphatic rings. The zero-order valence-electron chi connectivity index (χ0n) is 10.5. The zero-order valence-corrected chi connectivity index (χ0v) is 12.1. The second-order valence-electron chi connectivity index (χ2n) is 4.25. The van der Waals surface area contributed by atoms with Gasteiger partial charge in [-0.3, -0.25) is 4.79 Å². The van der Waals surface area contributed by atoms with Gasteiger partial charge in [-0.2, -0.15) is 0 Å². The molecule has 1 saturated heterocycles. The third-order valence-corrected chi connectivity index (χ3v) is 5.54. The molecule has 0 saturated carbocycles. The number of carbonyl (C=O) groups is 1. The van der Waals surface area contributed by atoms with Crippen molar-refractivity contribution in [2.24, 2.45) is 0 Å². The Kier molecular flexibility index (Phi) is 6.43. The second kappa shape index (κ2) is 6.56. The predicted molar refractivity (Wildman–Crippen MR) is 70.2 cm³/mol. The SMILES string of the molecule is CNCCC(=O)N1CCS(=O)(=O)C(C)C1C.Cl. The van der Waals surface area contributed by atoms with Gasteiger partial charge in [0.25, 0.3) is 0 Å². The average Bonchev–Trinajstić information content (AvgIpc) is 2.23. The van der Waals surface area contributed by atoms with Crippen molar-refractivity contribution in [1.29, 1.82) is 0 Å². The molecule has 0 aromatic carbocycles. The van der Waals surface area contributed by atoms with E-state index in [1.807, 2.05) is 0 Å². The van der Waals surface area contributed by atoms with Crippen LogP contribution >= 0.6 is 12.4 Å². The largest absolute Gasteiger partial charge is 0.338 e. The maximum Gasteiger partial charge on any atom is 0.224 e. The molecule has 0 aromatic heterocycles. The van der Waals surface area contributed by atoms with Crippen molar-refractivity contribution in [3.63, 3.8) is 0 Å². The fourth-order valence-corrected chi connectivity index (χ4v) is 3.47. The van der Waals surface area contributed by atoms with Gasteiger partial charge in [-0.15, -0.1) is 12.4 Å². The van der Waals surface area contributed by atoms with Crippen molar-refractivity contribution >= 4 is 28.2 Å². The lowest BCUT2D eigenvalue weighted by Gasteiger charge is -2.37. The smallest absolute Gasteiger partial charge is 0.224 e. The van der Waals surface area contributed by atoms with Gasteiger partial charge in [0, 0.05) is 25.6 Å². The van der Waals surface area contributed by atoms with Gasteiger partial charge in [0.15, 0.2) is 9.84 Å². The van der Waals surface area contributed by atoms with Gasteiger partial charge in [-0.1, -0.05) is 0 Å². The van der Waals surface area contributed by atoms with Gasteiger partial charge < -0.3 is 10.2 Å². The van der Waals surface area contributed by atoms with Gasteiger partial charge in [0.05, 0.1) is 11.0 Å². The molecule has 1 rings (SSSR count). The highest BCUT2D eigenvalue weighted by molar-refractivity contribution is 7.92. The minimum absolute atomic E-state index is 0. The van der Waals surface area contributed by atoms with E-state index in [2.05, 4.69) is 5.32 Å². The zero-order chi connectivity index (χ0) is 12.3. The van der Waals surface area contributed by atoms with E-state index >= 15 is 0 Å². The van der Waals surface area contributed by atoms with E-state index in [1.54, 1.807) is 25.8 Å². The molecule has 0 aromatic rings. The molecular weight excluding hydrogens is 264 g/mol. The van der Waals surface area contributed by atoms with E-state index in [-0.39, 0.29) is 30.1 Å². The first kappa shape index (κ1) is 16.7. The minimum atomic E-state index is -3.01. The normalized spacial score (nSPS) is 27.4. The Morgan fingerprint density at radius 1 is 1.41 bits per heavy atom. The first-order chi connectivity index (χ1) is 7.40. The summed E-state index contributed by atoms with van der Waals surface area (Å²) >= 11 is 0. The lowest BCUT2D eigenvalue weighted by molar-refractivity contribution is -0.133. The molecule has 0 aliphatic carbocycles. The molecule has 102 valence electrons. The summed E-state index contributed by atoms with van der Waals surface area (Å²) in [6.45, 7) is 4.44. The van der Waals surface area contributed by atoms with Crippen molar-refractivity contribution < 1.29 is 13.2 Å². The van der Waals surface area contributed by atoms with Crippen LogP contribution in [0.3, 0.4) is 0 Å². The van der Waals surface area contributed by atoms with Gasteiger partial charge in [0.2, 0.25) is 5.91 Å². The van der Waals surface area contributed by atoms with Gasteiger partial charge in [-0.25, -0.2) is 8.42 Å². The molecule has 0 spiro atoms. The van der Waals surface area contributed by atoms with E-state index in [0.29, 0.717) is 19.5 Å². The first-order valence-electron chi connectivity index (χ1n) is 5.56. The molecule has 1 fully saturated rings. The fraction of sp³-hybridized carbons (Fsp3) is 0.900. The van der Waals surface area contributed by atoms with Crippen LogP contribution in [0, 0.1) is 0 Å². The van der Waals surface area contributed by atoms with Crippen LogP contribution in [0.25, 0.3) is 0 Å². The van der Waals surface area contributed by atoms with Crippen LogP contribution in [-0.4, -0.2) is 56.4 Å². The highest BCUT2D eigenvalue weighted by Gasteiger charge is 2.37. The van der Waals surface area contributed by atoms with E-state index in [9.17, 15) is 13.2 Å². The number of hydrogen-bond acceptors (Lipinski definition) is 4. The molecule has 1 heterocycles. The van der Waals surface area contributed by atoms with Gasteiger partial charge in [-0.05, 0) is 20.9 Å². The molecule has 17 heavy (non-hydrogen) atoms. The van der Waals surface area contributed by atoms with E-state index in [1.165, 1.54) is 0 Å². The molecule has 0 radical (unpaired) electrons. The number of nitrogens with one attached hydrogen (secondary N) is 1. The summed E-state index contributed by atoms with van der Waals surface area (Å²) in [7, 11) is -1.22. The van der Waals surface area contributed by atoms with Crippen LogP contribution in [-0.2, 0) is 14.6 Å². The maximum atomic E-state index is 11.8. The number of amides is 1. The quantitative estimate of drug-likeness (QED) is 0.795. The van der Waals surface area contributed by atoms with Crippen LogP contribution in [0.5, 0.6) is 0 Å². The molecule has 7 heteroatoms. The van der Waals surface area contributed by atoms with Crippen molar-refractivity contribution in [1.82, 2.24) is 10.2 Å². The lowest BCUT2D eigenvalue weighted by Crippen LogP contribution is -2.54. The fourth-order valence-electron chi connectivity index (χ4n) is 1.90. The standard InChI is InChI=1S/C10H20N2O3S.ClH/c1-8-9(2)16(14,15)7-6-12(8)10(13)4-5-11-3;/h8-9,11H,4-7H2,1-3H3;1H. The third kappa shape index (κ3) is 3.82. The lowest BCUT2D eigenvalue weighted by atomic mass is 10.2. The number of halogens is 1. The van der Waals surface area contributed by atoms with Crippen molar-refractivity contribution in [3.8, 4) is 0 Å². The summed E-state index contributed by atoms with van der Waals surface area (Å²) in [5, 5.41) is 2.46. The van der Waals surface area contributed by atoms with Crippen LogP contribution in [0.15, 0.2) is 0 Å². The Bertz CT molecular complexity index is 359. The van der Waals surface area contributed by atoms with Gasteiger partial charge >= 0.3 is 0 Å². The van der Waals surface area contributed by atoms with Crippen molar-refractivity contribution in [3.05, 3.63) is 0 Å². The predicted octanol–water partition coefficient (Wildman–Crippen LogP) is 0.0517. The summed E-state index contributed by atoms with van der Waals surface area (Å²) < 4.78 is 23.2. The van der Waals surface area contributed by atoms with Crippen LogP contribution in [0.1, 0.15) is 20.3 Å². The summed E-state index contributed by atoms with van der Waals surface area (Å²) in [5.74, 6) is 0.118. The van der Waals surface area contributed by atoms with Gasteiger partial charge in [0.1, 0.15) is 0 Å². The van der Waals surface area contributed by atoms with Crippen LogP contribution in [0.4, 0.5) is 0 Å². The maximum absolute atomic E-state index is 11.8. The van der Waals surface area contributed by atoms with Crippen molar-refractivity contribution in [2.45, 2.75) is 31.6 Å². The highest BCUT2D eigenvalue weighted by atomic mass is 35.5. The Morgan fingerprint density at radius 2 is 2.00 bits per heavy atom. The number of hydrogen-bond donors (Lipinski definition) is 1. The Labute approximate surface area is 109 Å². The number of rotatable bonds is 3. The molecule has 2 atom stereocenters. The molecule has 2 unspecified atom stereocenters. The number of sulfone groups is 1.